The highest BCUT2D eigenvalue weighted by Gasteiger charge is 2.23. The normalized spacial score (nSPS) is 17.1. The van der Waals surface area contributed by atoms with Gasteiger partial charge in [-0.15, -0.1) is 0 Å². The molecule has 6 nitrogen and oxygen atoms in total. The molecular formula is C22H22FN5OS. The highest BCUT2D eigenvalue weighted by atomic mass is 32.1. The second kappa shape index (κ2) is 8.02. The molecule has 5 rings (SSSR count). The molecule has 2 saturated heterocycles. The third-order valence-electron chi connectivity index (χ3n) is 5.68. The van der Waals surface area contributed by atoms with E-state index in [0.717, 1.165) is 55.7 Å². The van der Waals surface area contributed by atoms with Crippen molar-refractivity contribution in [2.45, 2.75) is 12.8 Å². The summed E-state index contributed by atoms with van der Waals surface area (Å²) in [7, 11) is 0. The van der Waals surface area contributed by atoms with E-state index in [1.165, 1.54) is 17.6 Å². The van der Waals surface area contributed by atoms with Crippen molar-refractivity contribution in [2.75, 3.05) is 47.4 Å². The van der Waals surface area contributed by atoms with E-state index in [1.54, 1.807) is 18.2 Å². The molecule has 2 aliphatic heterocycles. The predicted molar refractivity (Wildman–Crippen MR) is 118 cm³/mol. The van der Waals surface area contributed by atoms with Crippen LogP contribution in [0.5, 0.6) is 0 Å². The zero-order valence-electron chi connectivity index (χ0n) is 16.5. The fraction of sp³-hybridized carbons (Fsp3) is 0.318. The quantitative estimate of drug-likeness (QED) is 0.639. The first-order valence-electron chi connectivity index (χ1n) is 10.2. The summed E-state index contributed by atoms with van der Waals surface area (Å²) in [5.74, 6) is 0.358. The number of amides is 1. The Morgan fingerprint density at radius 1 is 0.867 bits per heavy atom. The van der Waals surface area contributed by atoms with Crippen LogP contribution in [-0.2, 0) is 4.79 Å². The average Bonchev–Trinajstić information content (AvgIpc) is 3.44. The minimum Gasteiger partial charge on any atom is -0.368 e. The van der Waals surface area contributed by atoms with Gasteiger partial charge in [0, 0.05) is 62.1 Å². The number of halogens is 1. The Labute approximate surface area is 178 Å². The minimum atomic E-state index is -0.300. The topological polar surface area (TPSA) is 52.6 Å². The van der Waals surface area contributed by atoms with Gasteiger partial charge in [-0.05, 0) is 42.8 Å². The van der Waals surface area contributed by atoms with Crippen molar-refractivity contribution in [2.24, 2.45) is 0 Å². The van der Waals surface area contributed by atoms with Crippen molar-refractivity contribution in [3.8, 4) is 11.4 Å². The molecule has 0 radical (unpaired) electrons. The van der Waals surface area contributed by atoms with E-state index in [1.807, 2.05) is 17.0 Å². The molecule has 3 heterocycles. The second-order valence-corrected chi connectivity index (χ2v) is 8.25. The van der Waals surface area contributed by atoms with Crippen LogP contribution in [0.1, 0.15) is 12.8 Å². The second-order valence-electron chi connectivity index (χ2n) is 7.52. The van der Waals surface area contributed by atoms with Gasteiger partial charge in [0.05, 0.1) is 5.56 Å². The Kier molecular flexibility index (Phi) is 5.08. The van der Waals surface area contributed by atoms with Crippen molar-refractivity contribution in [1.29, 1.82) is 0 Å². The zero-order chi connectivity index (χ0) is 20.5. The molecule has 0 aliphatic carbocycles. The number of rotatable bonds is 4. The van der Waals surface area contributed by atoms with Gasteiger partial charge in [-0.25, -0.2) is 4.39 Å². The Bertz CT molecular complexity index is 1050. The van der Waals surface area contributed by atoms with Crippen LogP contribution in [-0.4, -0.2) is 48.0 Å². The van der Waals surface area contributed by atoms with E-state index in [2.05, 4.69) is 31.3 Å². The summed E-state index contributed by atoms with van der Waals surface area (Å²) in [6.07, 6.45) is 1.58. The Hall–Kier alpha value is -3.00. The first-order chi connectivity index (χ1) is 14.7. The number of nitrogens with zero attached hydrogens (tertiary/aromatic N) is 5. The SMILES string of the molecule is O=C1CCCN1c1ccc(N2CCN(c3nc(-c4ccccc4F)ns3)CC2)cc1. The lowest BCUT2D eigenvalue weighted by Gasteiger charge is -2.36. The minimum absolute atomic E-state index is 0.211. The third-order valence-corrected chi connectivity index (χ3v) is 6.46. The van der Waals surface area contributed by atoms with Crippen LogP contribution in [0.15, 0.2) is 48.5 Å². The number of piperazine rings is 1. The zero-order valence-corrected chi connectivity index (χ0v) is 17.3. The van der Waals surface area contributed by atoms with Crippen LogP contribution in [0.2, 0.25) is 0 Å². The summed E-state index contributed by atoms with van der Waals surface area (Å²) in [6.45, 7) is 4.22. The molecule has 0 atom stereocenters. The average molecular weight is 424 g/mol. The van der Waals surface area contributed by atoms with E-state index in [0.29, 0.717) is 17.8 Å². The van der Waals surface area contributed by atoms with Crippen molar-refractivity contribution in [3.05, 3.63) is 54.3 Å². The van der Waals surface area contributed by atoms with Gasteiger partial charge in [0.25, 0.3) is 0 Å². The maximum atomic E-state index is 14.0. The van der Waals surface area contributed by atoms with Crippen LogP contribution in [0.3, 0.4) is 0 Å². The monoisotopic (exact) mass is 423 g/mol. The number of anilines is 3. The van der Waals surface area contributed by atoms with Gasteiger partial charge in [0.15, 0.2) is 5.82 Å². The summed E-state index contributed by atoms with van der Waals surface area (Å²) >= 11 is 1.32. The molecule has 2 fully saturated rings. The third kappa shape index (κ3) is 3.63. The molecule has 2 aromatic carbocycles. The maximum absolute atomic E-state index is 14.0. The maximum Gasteiger partial charge on any atom is 0.227 e. The van der Waals surface area contributed by atoms with Gasteiger partial charge < -0.3 is 14.7 Å². The lowest BCUT2D eigenvalue weighted by molar-refractivity contribution is -0.117. The van der Waals surface area contributed by atoms with Crippen LogP contribution in [0.25, 0.3) is 11.4 Å². The van der Waals surface area contributed by atoms with Crippen molar-refractivity contribution >= 4 is 33.9 Å². The number of benzene rings is 2. The summed E-state index contributed by atoms with van der Waals surface area (Å²) in [5.41, 5.74) is 2.58. The lowest BCUT2D eigenvalue weighted by atomic mass is 10.2. The number of carbonyl (C=O) groups excluding carboxylic acids is 1. The molecule has 3 aromatic rings. The molecule has 0 spiro atoms. The van der Waals surface area contributed by atoms with Gasteiger partial charge in [0.2, 0.25) is 11.0 Å². The molecule has 154 valence electrons. The number of hydrogen-bond acceptors (Lipinski definition) is 6. The standard InChI is InChI=1S/C22H22FN5OS/c23-19-5-2-1-4-18(19)21-24-22(30-25-21)27-14-12-26(13-15-27)16-7-9-17(10-8-16)28-11-3-6-20(28)29/h1-2,4-5,7-10H,3,6,11-15H2. The summed E-state index contributed by atoms with van der Waals surface area (Å²) < 4.78 is 18.4. The van der Waals surface area contributed by atoms with Crippen LogP contribution >= 0.6 is 11.5 Å². The van der Waals surface area contributed by atoms with Crippen LogP contribution < -0.4 is 14.7 Å². The summed E-state index contributed by atoms with van der Waals surface area (Å²) in [4.78, 5) is 22.9. The van der Waals surface area contributed by atoms with Gasteiger partial charge >= 0.3 is 0 Å². The highest BCUT2D eigenvalue weighted by molar-refractivity contribution is 7.09. The van der Waals surface area contributed by atoms with Gasteiger partial charge in [-0.1, -0.05) is 12.1 Å². The molecule has 30 heavy (non-hydrogen) atoms. The molecule has 1 aromatic heterocycles. The first kappa shape index (κ1) is 19.0. The van der Waals surface area contributed by atoms with Crippen molar-refractivity contribution in [3.63, 3.8) is 0 Å². The molecule has 0 unspecified atom stereocenters. The smallest absolute Gasteiger partial charge is 0.227 e. The largest absolute Gasteiger partial charge is 0.368 e. The Balaban J connectivity index is 1.23. The van der Waals surface area contributed by atoms with Crippen molar-refractivity contribution in [1.82, 2.24) is 9.36 Å². The van der Waals surface area contributed by atoms with Gasteiger partial charge in [0.1, 0.15) is 5.82 Å². The summed E-state index contributed by atoms with van der Waals surface area (Å²) in [6, 6.07) is 14.9. The number of carbonyl (C=O) groups is 1. The van der Waals surface area contributed by atoms with Gasteiger partial charge in [-0.3, -0.25) is 4.79 Å². The molecule has 1 amide bonds. The first-order valence-corrected chi connectivity index (χ1v) is 11.0. The number of hydrogen-bond donors (Lipinski definition) is 0. The van der Waals surface area contributed by atoms with E-state index >= 15 is 0 Å². The van der Waals surface area contributed by atoms with E-state index in [-0.39, 0.29) is 11.7 Å². The summed E-state index contributed by atoms with van der Waals surface area (Å²) in [5, 5.41) is 0.829. The molecule has 2 aliphatic rings. The van der Waals surface area contributed by atoms with E-state index in [9.17, 15) is 9.18 Å². The Morgan fingerprint density at radius 3 is 2.27 bits per heavy atom. The van der Waals surface area contributed by atoms with Gasteiger partial charge in [-0.2, -0.15) is 9.36 Å². The predicted octanol–water partition coefficient (Wildman–Crippen LogP) is 3.80. The lowest BCUT2D eigenvalue weighted by Crippen LogP contribution is -2.46. The molecule has 0 bridgehead atoms. The molecule has 8 heteroatoms. The Morgan fingerprint density at radius 2 is 1.57 bits per heavy atom. The van der Waals surface area contributed by atoms with E-state index in [4.69, 9.17) is 0 Å². The van der Waals surface area contributed by atoms with Crippen LogP contribution in [0.4, 0.5) is 20.9 Å². The van der Waals surface area contributed by atoms with E-state index < -0.39 is 0 Å². The number of aromatic nitrogens is 2. The molecular weight excluding hydrogens is 401 g/mol. The fourth-order valence-electron chi connectivity index (χ4n) is 4.02. The highest BCUT2D eigenvalue weighted by Crippen LogP contribution is 2.28. The molecule has 0 saturated carbocycles. The van der Waals surface area contributed by atoms with Crippen LogP contribution in [0, 0.1) is 5.82 Å². The molecule has 0 N–H and O–H groups in total. The van der Waals surface area contributed by atoms with Crippen molar-refractivity contribution < 1.29 is 9.18 Å². The fourth-order valence-corrected chi connectivity index (χ4v) is 4.75.